The number of nitrogens with one attached hydrogen (secondary N) is 1. The van der Waals surface area contributed by atoms with Crippen molar-refractivity contribution in [1.29, 1.82) is 0 Å². The normalized spacial score (nSPS) is 12.8. The summed E-state index contributed by atoms with van der Waals surface area (Å²) < 4.78 is 13.3. The third-order valence-electron chi connectivity index (χ3n) is 2.16. The molecule has 0 aromatic heterocycles. The maximum atomic E-state index is 13.3. The molecule has 1 aromatic carbocycles. The molecule has 1 atom stereocenters. The van der Waals surface area contributed by atoms with E-state index in [1.165, 1.54) is 6.07 Å². The Bertz CT molecular complexity index is 319. The van der Waals surface area contributed by atoms with Crippen LogP contribution in [0.2, 0.25) is 5.02 Å². The predicted octanol–water partition coefficient (Wildman–Crippen LogP) is 3.32. The van der Waals surface area contributed by atoms with Crippen molar-refractivity contribution in [2.75, 3.05) is 12.8 Å². The zero-order valence-electron chi connectivity index (χ0n) is 8.89. The van der Waals surface area contributed by atoms with Gasteiger partial charge in [0.25, 0.3) is 0 Å². The maximum Gasteiger partial charge on any atom is 0.127 e. The molecule has 0 saturated carbocycles. The molecule has 0 spiro atoms. The van der Waals surface area contributed by atoms with Crippen molar-refractivity contribution in [2.24, 2.45) is 0 Å². The minimum absolute atomic E-state index is 0.205. The molecule has 1 unspecified atom stereocenters. The lowest BCUT2D eigenvalue weighted by atomic mass is 10.2. The lowest BCUT2D eigenvalue weighted by molar-refractivity contribution is 0.588. The van der Waals surface area contributed by atoms with Crippen molar-refractivity contribution in [3.8, 4) is 0 Å². The second kappa shape index (κ2) is 6.36. The van der Waals surface area contributed by atoms with Crippen LogP contribution in [0.5, 0.6) is 0 Å². The van der Waals surface area contributed by atoms with Gasteiger partial charge in [-0.05, 0) is 24.5 Å². The van der Waals surface area contributed by atoms with Crippen molar-refractivity contribution >= 4 is 23.4 Å². The second-order valence-electron chi connectivity index (χ2n) is 3.41. The molecule has 0 heterocycles. The van der Waals surface area contributed by atoms with Gasteiger partial charge in [-0.2, -0.15) is 11.8 Å². The van der Waals surface area contributed by atoms with Crippen molar-refractivity contribution in [3.05, 3.63) is 34.6 Å². The SMILES string of the molecule is CSC(C)CNCc1cc(Cl)ccc1F. The van der Waals surface area contributed by atoms with Crippen LogP contribution < -0.4 is 5.32 Å². The fourth-order valence-corrected chi connectivity index (χ4v) is 1.65. The molecule has 1 aromatic rings. The molecule has 0 amide bonds. The van der Waals surface area contributed by atoms with E-state index in [2.05, 4.69) is 18.5 Å². The van der Waals surface area contributed by atoms with Crippen LogP contribution in [-0.2, 0) is 6.54 Å². The van der Waals surface area contributed by atoms with Gasteiger partial charge in [-0.25, -0.2) is 4.39 Å². The van der Waals surface area contributed by atoms with E-state index in [9.17, 15) is 4.39 Å². The summed E-state index contributed by atoms with van der Waals surface area (Å²) >= 11 is 7.57. The Morgan fingerprint density at radius 2 is 2.27 bits per heavy atom. The number of hydrogen-bond donors (Lipinski definition) is 1. The van der Waals surface area contributed by atoms with Gasteiger partial charge in [-0.3, -0.25) is 0 Å². The van der Waals surface area contributed by atoms with Crippen LogP contribution in [-0.4, -0.2) is 18.1 Å². The number of halogens is 2. The molecule has 0 fully saturated rings. The molecule has 0 aliphatic heterocycles. The smallest absolute Gasteiger partial charge is 0.127 e. The number of benzene rings is 1. The van der Waals surface area contributed by atoms with E-state index in [0.29, 0.717) is 22.4 Å². The largest absolute Gasteiger partial charge is 0.311 e. The van der Waals surface area contributed by atoms with Crippen molar-refractivity contribution in [1.82, 2.24) is 5.32 Å². The third-order valence-corrected chi connectivity index (χ3v) is 3.36. The molecular weight excluding hydrogens is 233 g/mol. The molecule has 84 valence electrons. The van der Waals surface area contributed by atoms with Crippen molar-refractivity contribution in [3.63, 3.8) is 0 Å². The zero-order valence-corrected chi connectivity index (χ0v) is 10.5. The highest BCUT2D eigenvalue weighted by atomic mass is 35.5. The number of hydrogen-bond acceptors (Lipinski definition) is 2. The summed E-state index contributed by atoms with van der Waals surface area (Å²) in [5.41, 5.74) is 0.621. The summed E-state index contributed by atoms with van der Waals surface area (Å²) in [6.07, 6.45) is 2.06. The van der Waals surface area contributed by atoms with Gasteiger partial charge in [0.2, 0.25) is 0 Å². The van der Waals surface area contributed by atoms with E-state index < -0.39 is 0 Å². The van der Waals surface area contributed by atoms with Crippen LogP contribution in [0, 0.1) is 5.82 Å². The third kappa shape index (κ3) is 4.41. The Morgan fingerprint density at radius 1 is 1.53 bits per heavy atom. The van der Waals surface area contributed by atoms with Crippen LogP contribution in [0.15, 0.2) is 18.2 Å². The Hall–Kier alpha value is -0.250. The Balaban J connectivity index is 2.46. The van der Waals surface area contributed by atoms with Gasteiger partial charge >= 0.3 is 0 Å². The predicted molar refractivity (Wildman–Crippen MR) is 66.1 cm³/mol. The van der Waals surface area contributed by atoms with E-state index in [1.807, 2.05) is 0 Å². The van der Waals surface area contributed by atoms with Crippen LogP contribution in [0.25, 0.3) is 0 Å². The Labute approximate surface area is 99.4 Å². The average Bonchev–Trinajstić information content (AvgIpc) is 2.23. The van der Waals surface area contributed by atoms with Gasteiger partial charge in [0.05, 0.1) is 0 Å². The summed E-state index contributed by atoms with van der Waals surface area (Å²) in [4.78, 5) is 0. The molecule has 0 aliphatic carbocycles. The molecule has 1 N–H and O–H groups in total. The van der Waals surface area contributed by atoms with Crippen LogP contribution >= 0.6 is 23.4 Å². The van der Waals surface area contributed by atoms with E-state index in [4.69, 9.17) is 11.6 Å². The van der Waals surface area contributed by atoms with Crippen molar-refractivity contribution < 1.29 is 4.39 Å². The van der Waals surface area contributed by atoms with Gasteiger partial charge < -0.3 is 5.32 Å². The topological polar surface area (TPSA) is 12.0 Å². The molecular formula is C11H15ClFNS. The minimum atomic E-state index is -0.205. The van der Waals surface area contributed by atoms with E-state index in [1.54, 1.807) is 23.9 Å². The van der Waals surface area contributed by atoms with Gasteiger partial charge in [0, 0.05) is 28.9 Å². The molecule has 15 heavy (non-hydrogen) atoms. The fourth-order valence-electron chi connectivity index (χ4n) is 1.17. The lowest BCUT2D eigenvalue weighted by Crippen LogP contribution is -2.22. The maximum absolute atomic E-state index is 13.3. The van der Waals surface area contributed by atoms with Crippen LogP contribution in [0.1, 0.15) is 12.5 Å². The monoisotopic (exact) mass is 247 g/mol. The molecule has 0 saturated heterocycles. The first-order chi connectivity index (χ1) is 7.13. The summed E-state index contributed by atoms with van der Waals surface area (Å²) in [5.74, 6) is -0.205. The summed E-state index contributed by atoms with van der Waals surface area (Å²) in [5, 5.41) is 4.31. The molecule has 1 rings (SSSR count). The Morgan fingerprint density at radius 3 is 2.93 bits per heavy atom. The molecule has 4 heteroatoms. The first-order valence-electron chi connectivity index (χ1n) is 4.81. The summed E-state index contributed by atoms with van der Waals surface area (Å²) in [7, 11) is 0. The zero-order chi connectivity index (χ0) is 11.3. The quantitative estimate of drug-likeness (QED) is 0.857. The summed E-state index contributed by atoms with van der Waals surface area (Å²) in [6.45, 7) is 3.52. The molecule has 0 radical (unpaired) electrons. The van der Waals surface area contributed by atoms with Crippen molar-refractivity contribution in [2.45, 2.75) is 18.7 Å². The van der Waals surface area contributed by atoms with E-state index in [-0.39, 0.29) is 5.82 Å². The average molecular weight is 248 g/mol. The van der Waals surface area contributed by atoms with Gasteiger partial charge in [-0.15, -0.1) is 0 Å². The Kier molecular flexibility index (Phi) is 5.43. The first kappa shape index (κ1) is 12.8. The van der Waals surface area contributed by atoms with Gasteiger partial charge in [0.15, 0.2) is 0 Å². The molecule has 0 aliphatic rings. The molecule has 1 nitrogen and oxygen atoms in total. The van der Waals surface area contributed by atoms with Crippen LogP contribution in [0.3, 0.4) is 0 Å². The minimum Gasteiger partial charge on any atom is -0.311 e. The second-order valence-corrected chi connectivity index (χ2v) is 5.13. The van der Waals surface area contributed by atoms with E-state index in [0.717, 1.165) is 6.54 Å². The summed E-state index contributed by atoms with van der Waals surface area (Å²) in [6, 6.07) is 4.62. The van der Waals surface area contributed by atoms with Crippen LogP contribution in [0.4, 0.5) is 4.39 Å². The fraction of sp³-hybridized carbons (Fsp3) is 0.455. The number of thioether (sulfide) groups is 1. The highest BCUT2D eigenvalue weighted by Gasteiger charge is 2.03. The highest BCUT2D eigenvalue weighted by molar-refractivity contribution is 7.99. The van der Waals surface area contributed by atoms with Gasteiger partial charge in [-0.1, -0.05) is 18.5 Å². The number of rotatable bonds is 5. The molecule has 0 bridgehead atoms. The highest BCUT2D eigenvalue weighted by Crippen LogP contribution is 2.14. The van der Waals surface area contributed by atoms with E-state index >= 15 is 0 Å². The lowest BCUT2D eigenvalue weighted by Gasteiger charge is -2.10. The van der Waals surface area contributed by atoms with Gasteiger partial charge in [0.1, 0.15) is 5.82 Å². The first-order valence-corrected chi connectivity index (χ1v) is 6.47. The standard InChI is InChI=1S/C11H15ClFNS/c1-8(15-2)6-14-7-9-5-10(12)3-4-11(9)13/h3-5,8,14H,6-7H2,1-2H3.